The number of carbonyl (C=O) groups is 2. The first-order valence-corrected chi connectivity index (χ1v) is 10.4. The molecule has 144 valence electrons. The van der Waals surface area contributed by atoms with E-state index in [0.29, 0.717) is 13.0 Å². The van der Waals surface area contributed by atoms with Crippen molar-refractivity contribution in [2.75, 3.05) is 13.2 Å². The molecule has 0 spiro atoms. The topological polar surface area (TPSA) is 116 Å². The first-order valence-electron chi connectivity index (χ1n) is 8.02. The fourth-order valence-electron chi connectivity index (χ4n) is 2.21. The minimum atomic E-state index is -3.71. The Morgan fingerprint density at radius 3 is 2.19 bits per heavy atom. The largest absolute Gasteiger partial charge is 0.455 e. The van der Waals surface area contributed by atoms with Crippen molar-refractivity contribution in [1.82, 2.24) is 5.32 Å². The van der Waals surface area contributed by atoms with Crippen LogP contribution in [-0.4, -0.2) is 33.4 Å². The van der Waals surface area contributed by atoms with Crippen LogP contribution in [-0.2, 0) is 37.2 Å². The Kier molecular flexibility index (Phi) is 7.52. The lowest BCUT2D eigenvalue weighted by Crippen LogP contribution is -2.30. The van der Waals surface area contributed by atoms with E-state index in [2.05, 4.69) is 21.2 Å². The van der Waals surface area contributed by atoms with Crippen LogP contribution in [0.1, 0.15) is 11.1 Å². The fraction of sp³-hybridized carbons (Fsp3) is 0.222. The summed E-state index contributed by atoms with van der Waals surface area (Å²) in [6.45, 7) is -0.0163. The molecule has 3 N–H and O–H groups in total. The number of primary sulfonamides is 1. The number of rotatable bonds is 8. The van der Waals surface area contributed by atoms with Crippen LogP contribution in [0, 0.1) is 0 Å². The maximum atomic E-state index is 11.7. The summed E-state index contributed by atoms with van der Waals surface area (Å²) in [6.07, 6.45) is 0.598. The number of benzene rings is 2. The number of nitrogens with two attached hydrogens (primary N) is 1. The van der Waals surface area contributed by atoms with Gasteiger partial charge in [0.2, 0.25) is 10.0 Å². The lowest BCUT2D eigenvalue weighted by Gasteiger charge is -2.07. The molecule has 0 atom stereocenters. The maximum absolute atomic E-state index is 11.7. The molecular formula is C18H19BrN2O5S. The van der Waals surface area contributed by atoms with E-state index in [1.807, 2.05) is 12.1 Å². The Bertz CT molecular complexity index is 896. The van der Waals surface area contributed by atoms with E-state index >= 15 is 0 Å². The summed E-state index contributed by atoms with van der Waals surface area (Å²) in [5.41, 5.74) is 1.64. The molecule has 9 heteroatoms. The summed E-state index contributed by atoms with van der Waals surface area (Å²) in [5.74, 6) is -0.883. The van der Waals surface area contributed by atoms with Gasteiger partial charge in [0.05, 0.1) is 11.3 Å². The van der Waals surface area contributed by atoms with E-state index in [1.54, 1.807) is 24.3 Å². The van der Waals surface area contributed by atoms with Gasteiger partial charge in [0.25, 0.3) is 5.91 Å². The minimum Gasteiger partial charge on any atom is -0.455 e. The van der Waals surface area contributed by atoms with Crippen LogP contribution in [0.5, 0.6) is 0 Å². The minimum absolute atomic E-state index is 0.0352. The Hall–Kier alpha value is -2.23. The van der Waals surface area contributed by atoms with Gasteiger partial charge in [0.1, 0.15) is 0 Å². The molecular weight excluding hydrogens is 436 g/mol. The average Bonchev–Trinajstić information content (AvgIpc) is 2.62. The summed E-state index contributed by atoms with van der Waals surface area (Å²) >= 11 is 3.31. The highest BCUT2D eigenvalue weighted by Gasteiger charge is 2.09. The second-order valence-electron chi connectivity index (χ2n) is 5.75. The third kappa shape index (κ3) is 7.49. The lowest BCUT2D eigenvalue weighted by atomic mass is 10.1. The van der Waals surface area contributed by atoms with Crippen LogP contribution < -0.4 is 10.5 Å². The first-order chi connectivity index (χ1) is 12.7. The van der Waals surface area contributed by atoms with Gasteiger partial charge in [0, 0.05) is 11.0 Å². The fourth-order valence-corrected chi connectivity index (χ4v) is 2.99. The number of halogens is 1. The second-order valence-corrected chi connectivity index (χ2v) is 8.23. The van der Waals surface area contributed by atoms with Gasteiger partial charge in [-0.05, 0) is 41.8 Å². The quantitative estimate of drug-likeness (QED) is 0.586. The molecule has 0 unspecified atom stereocenters. The summed E-state index contributed by atoms with van der Waals surface area (Å²) in [5, 5.41) is 7.67. The van der Waals surface area contributed by atoms with Crippen molar-refractivity contribution < 1.29 is 22.7 Å². The van der Waals surface area contributed by atoms with Gasteiger partial charge in [0.15, 0.2) is 6.61 Å². The van der Waals surface area contributed by atoms with E-state index in [-0.39, 0.29) is 17.9 Å². The smallest absolute Gasteiger partial charge is 0.310 e. The van der Waals surface area contributed by atoms with Crippen molar-refractivity contribution >= 4 is 37.8 Å². The maximum Gasteiger partial charge on any atom is 0.310 e. The third-order valence-electron chi connectivity index (χ3n) is 3.61. The number of sulfonamides is 1. The molecule has 0 aliphatic heterocycles. The SMILES string of the molecule is NS(=O)(=O)c1ccc(CCNC(=O)COC(=O)Cc2ccc(Br)cc2)cc1. The predicted molar refractivity (Wildman–Crippen MR) is 103 cm³/mol. The number of carbonyl (C=O) groups excluding carboxylic acids is 2. The van der Waals surface area contributed by atoms with Crippen molar-refractivity contribution in [3.8, 4) is 0 Å². The van der Waals surface area contributed by atoms with Crippen molar-refractivity contribution in [3.63, 3.8) is 0 Å². The second kappa shape index (κ2) is 9.63. The van der Waals surface area contributed by atoms with Gasteiger partial charge in [-0.25, -0.2) is 13.6 Å². The molecule has 2 rings (SSSR count). The Balaban J connectivity index is 1.68. The first kappa shape index (κ1) is 21.1. The van der Waals surface area contributed by atoms with Crippen LogP contribution in [0.3, 0.4) is 0 Å². The normalized spacial score (nSPS) is 11.0. The molecule has 7 nitrogen and oxygen atoms in total. The molecule has 0 bridgehead atoms. The van der Waals surface area contributed by atoms with Gasteiger partial charge in [-0.1, -0.05) is 40.2 Å². The number of esters is 1. The number of hydrogen-bond donors (Lipinski definition) is 2. The third-order valence-corrected chi connectivity index (χ3v) is 5.07. The summed E-state index contributed by atoms with van der Waals surface area (Å²) < 4.78 is 28.2. The number of ether oxygens (including phenoxy) is 1. The molecule has 0 saturated heterocycles. The zero-order chi connectivity index (χ0) is 19.9. The standard InChI is InChI=1S/C18H19BrN2O5S/c19-15-5-1-14(2-6-15)11-18(23)26-12-17(22)21-10-9-13-3-7-16(8-4-13)27(20,24)25/h1-8H,9-12H2,(H,21,22)(H2,20,24,25). The van der Waals surface area contributed by atoms with Gasteiger partial charge in [-0.15, -0.1) is 0 Å². The van der Waals surface area contributed by atoms with Gasteiger partial charge in [-0.3, -0.25) is 9.59 Å². The number of amides is 1. The van der Waals surface area contributed by atoms with E-state index in [0.717, 1.165) is 15.6 Å². The zero-order valence-corrected chi connectivity index (χ0v) is 16.8. The van der Waals surface area contributed by atoms with Crippen LogP contribution in [0.15, 0.2) is 57.9 Å². The average molecular weight is 455 g/mol. The number of hydrogen-bond acceptors (Lipinski definition) is 5. The van der Waals surface area contributed by atoms with Crippen LogP contribution in [0.25, 0.3) is 0 Å². The van der Waals surface area contributed by atoms with Crippen LogP contribution >= 0.6 is 15.9 Å². The highest BCUT2D eigenvalue weighted by Crippen LogP contribution is 2.11. The Morgan fingerprint density at radius 2 is 1.59 bits per heavy atom. The van der Waals surface area contributed by atoms with E-state index in [1.165, 1.54) is 12.1 Å². The Morgan fingerprint density at radius 1 is 1.00 bits per heavy atom. The van der Waals surface area contributed by atoms with Crippen molar-refractivity contribution in [1.29, 1.82) is 0 Å². The molecule has 0 fully saturated rings. The highest BCUT2D eigenvalue weighted by atomic mass is 79.9. The van der Waals surface area contributed by atoms with E-state index in [4.69, 9.17) is 9.88 Å². The summed E-state index contributed by atoms with van der Waals surface area (Å²) in [7, 11) is -3.71. The monoisotopic (exact) mass is 454 g/mol. The van der Waals surface area contributed by atoms with E-state index < -0.39 is 21.9 Å². The highest BCUT2D eigenvalue weighted by molar-refractivity contribution is 9.10. The summed E-state index contributed by atoms with van der Waals surface area (Å²) in [6, 6.07) is 13.3. The molecule has 0 saturated carbocycles. The van der Waals surface area contributed by atoms with Crippen molar-refractivity contribution in [2.45, 2.75) is 17.7 Å². The molecule has 0 heterocycles. The molecule has 0 aliphatic carbocycles. The zero-order valence-electron chi connectivity index (χ0n) is 14.4. The molecule has 2 aromatic carbocycles. The molecule has 1 amide bonds. The molecule has 2 aromatic rings. The summed E-state index contributed by atoms with van der Waals surface area (Å²) in [4.78, 5) is 23.5. The van der Waals surface area contributed by atoms with Gasteiger partial charge < -0.3 is 10.1 Å². The molecule has 0 aliphatic rings. The van der Waals surface area contributed by atoms with E-state index in [9.17, 15) is 18.0 Å². The molecule has 0 radical (unpaired) electrons. The van der Waals surface area contributed by atoms with Crippen LogP contribution in [0.4, 0.5) is 0 Å². The predicted octanol–water partition coefficient (Wildman–Crippen LogP) is 1.54. The van der Waals surface area contributed by atoms with Gasteiger partial charge >= 0.3 is 5.97 Å². The Labute approximate surface area is 166 Å². The van der Waals surface area contributed by atoms with Crippen LogP contribution in [0.2, 0.25) is 0 Å². The van der Waals surface area contributed by atoms with Crippen molar-refractivity contribution in [2.24, 2.45) is 5.14 Å². The molecule has 27 heavy (non-hydrogen) atoms. The lowest BCUT2D eigenvalue weighted by molar-refractivity contribution is -0.147. The molecule has 0 aromatic heterocycles. The van der Waals surface area contributed by atoms with Crippen molar-refractivity contribution in [3.05, 3.63) is 64.1 Å². The number of nitrogens with one attached hydrogen (secondary N) is 1. The van der Waals surface area contributed by atoms with Gasteiger partial charge in [-0.2, -0.15) is 0 Å².